The Morgan fingerprint density at radius 3 is 2.71 bits per heavy atom. The molecule has 2 heterocycles. The number of rotatable bonds is 5. The van der Waals surface area contributed by atoms with Crippen molar-refractivity contribution in [3.63, 3.8) is 0 Å². The van der Waals surface area contributed by atoms with Crippen molar-refractivity contribution < 1.29 is 32.3 Å². The van der Waals surface area contributed by atoms with E-state index in [1.807, 2.05) is 0 Å². The summed E-state index contributed by atoms with van der Waals surface area (Å²) in [5, 5.41) is 10.8. The van der Waals surface area contributed by atoms with Crippen LogP contribution in [0, 0.1) is 5.92 Å². The molecule has 2 aromatic rings. The molecule has 0 spiro atoms. The van der Waals surface area contributed by atoms with E-state index in [4.69, 9.17) is 0 Å². The average Bonchev–Trinajstić information content (AvgIpc) is 3.46. The first-order valence-corrected chi connectivity index (χ1v) is 11.0. The highest BCUT2D eigenvalue weighted by molar-refractivity contribution is 6.00. The van der Waals surface area contributed by atoms with Gasteiger partial charge in [0.2, 0.25) is 11.8 Å². The van der Waals surface area contributed by atoms with Gasteiger partial charge in [0.15, 0.2) is 5.69 Å². The van der Waals surface area contributed by atoms with E-state index < -0.39 is 29.5 Å². The maximum Gasteiger partial charge on any atom is 0.416 e. The molecular weight excluding hydrogens is 455 g/mol. The normalized spacial score (nSPS) is 23.1. The predicted molar refractivity (Wildman–Crippen MR) is 113 cm³/mol. The molecule has 1 saturated carbocycles. The fourth-order valence-electron chi connectivity index (χ4n) is 4.52. The highest BCUT2D eigenvalue weighted by atomic mass is 19.4. The van der Waals surface area contributed by atoms with E-state index in [9.17, 15) is 27.6 Å². The van der Waals surface area contributed by atoms with Crippen LogP contribution in [0.2, 0.25) is 0 Å². The van der Waals surface area contributed by atoms with Crippen molar-refractivity contribution in [3.05, 3.63) is 41.7 Å². The third-order valence-electron chi connectivity index (χ3n) is 6.28. The molecule has 2 amide bonds. The Morgan fingerprint density at radius 2 is 1.97 bits per heavy atom. The number of alkyl halides is 3. The lowest BCUT2D eigenvalue weighted by Crippen LogP contribution is -2.46. The van der Waals surface area contributed by atoms with E-state index in [1.54, 1.807) is 4.68 Å². The fraction of sp³-hybridized carbons (Fsp3) is 0.500. The van der Waals surface area contributed by atoms with Crippen molar-refractivity contribution in [1.29, 1.82) is 0 Å². The second-order valence-electron chi connectivity index (χ2n) is 8.50. The van der Waals surface area contributed by atoms with Crippen molar-refractivity contribution in [2.75, 3.05) is 18.6 Å². The lowest BCUT2D eigenvalue weighted by atomic mass is 9.90. The minimum absolute atomic E-state index is 0.000815. The third-order valence-corrected chi connectivity index (χ3v) is 6.28. The van der Waals surface area contributed by atoms with Gasteiger partial charge in [0.05, 0.1) is 36.9 Å². The molecule has 12 heteroatoms. The van der Waals surface area contributed by atoms with E-state index in [2.05, 4.69) is 20.4 Å². The van der Waals surface area contributed by atoms with Crippen LogP contribution in [0.4, 0.5) is 18.9 Å². The second kappa shape index (κ2) is 9.43. The smallest absolute Gasteiger partial charge is 0.416 e. The molecule has 0 unspecified atom stereocenters. The fourth-order valence-corrected chi connectivity index (χ4v) is 4.52. The Kier molecular flexibility index (Phi) is 6.58. The van der Waals surface area contributed by atoms with E-state index in [0.29, 0.717) is 6.42 Å². The zero-order chi connectivity index (χ0) is 24.5. The van der Waals surface area contributed by atoms with Gasteiger partial charge in [-0.25, -0.2) is 9.48 Å². The van der Waals surface area contributed by atoms with Crippen LogP contribution in [-0.2, 0) is 20.5 Å². The van der Waals surface area contributed by atoms with E-state index in [1.165, 1.54) is 30.3 Å². The van der Waals surface area contributed by atoms with Crippen molar-refractivity contribution in [2.45, 2.75) is 50.4 Å². The molecule has 1 N–H and O–H groups in total. The number of amides is 2. The zero-order valence-corrected chi connectivity index (χ0v) is 18.4. The van der Waals surface area contributed by atoms with Gasteiger partial charge in [0.1, 0.15) is 0 Å². The maximum atomic E-state index is 13.1. The van der Waals surface area contributed by atoms with E-state index >= 15 is 0 Å². The van der Waals surface area contributed by atoms with Gasteiger partial charge in [0, 0.05) is 18.7 Å². The molecule has 1 aromatic heterocycles. The first kappa shape index (κ1) is 23.7. The molecule has 1 aromatic carbocycles. The number of nitrogens with zero attached hydrogens (tertiary/aromatic N) is 4. The molecule has 1 saturated heterocycles. The van der Waals surface area contributed by atoms with E-state index in [-0.39, 0.29) is 42.3 Å². The molecule has 1 aliphatic carbocycles. The highest BCUT2D eigenvalue weighted by Crippen LogP contribution is 2.34. The Hall–Kier alpha value is -3.44. The Labute approximate surface area is 193 Å². The average molecular weight is 479 g/mol. The molecular formula is C22H24F3N5O4. The molecule has 34 heavy (non-hydrogen) atoms. The summed E-state index contributed by atoms with van der Waals surface area (Å²) in [6.45, 7) is -0.000815. The molecule has 0 radical (unpaired) electrons. The van der Waals surface area contributed by atoms with Crippen molar-refractivity contribution in [1.82, 2.24) is 20.3 Å². The number of carbonyl (C=O) groups is 3. The van der Waals surface area contributed by atoms with Crippen LogP contribution in [0.1, 0.15) is 54.2 Å². The number of hydrogen-bond acceptors (Lipinski definition) is 6. The molecule has 2 aliphatic rings. The predicted octanol–water partition coefficient (Wildman–Crippen LogP) is 2.74. The summed E-state index contributed by atoms with van der Waals surface area (Å²) in [4.78, 5) is 38.4. The number of carbonyl (C=O) groups excluding carboxylic acids is 3. The summed E-state index contributed by atoms with van der Waals surface area (Å²) in [6, 6.07) is 4.01. The van der Waals surface area contributed by atoms with Gasteiger partial charge in [-0.3, -0.25) is 9.59 Å². The lowest BCUT2D eigenvalue weighted by molar-refractivity contribution is -0.137. The molecule has 3 atom stereocenters. The third kappa shape index (κ3) is 4.90. The minimum Gasteiger partial charge on any atom is -0.464 e. The zero-order valence-electron chi connectivity index (χ0n) is 18.4. The van der Waals surface area contributed by atoms with Gasteiger partial charge < -0.3 is 15.0 Å². The molecule has 4 rings (SSSR count). The van der Waals surface area contributed by atoms with Crippen LogP contribution in [0.3, 0.4) is 0 Å². The highest BCUT2D eigenvalue weighted by Gasteiger charge is 2.39. The number of ether oxygens (including phenoxy) is 1. The van der Waals surface area contributed by atoms with Gasteiger partial charge in [-0.15, -0.1) is 5.10 Å². The number of methoxy groups -OCH3 is 1. The van der Waals surface area contributed by atoms with E-state index in [0.717, 1.165) is 31.4 Å². The number of benzene rings is 1. The molecule has 2 fully saturated rings. The quantitative estimate of drug-likeness (QED) is 0.661. The van der Waals surface area contributed by atoms with Crippen LogP contribution in [0.25, 0.3) is 0 Å². The monoisotopic (exact) mass is 479 g/mol. The largest absolute Gasteiger partial charge is 0.464 e. The molecule has 9 nitrogen and oxygen atoms in total. The minimum atomic E-state index is -4.53. The second-order valence-corrected chi connectivity index (χ2v) is 8.50. The topological polar surface area (TPSA) is 106 Å². The summed E-state index contributed by atoms with van der Waals surface area (Å²) < 4.78 is 45.4. The number of aromatic nitrogens is 3. The first-order chi connectivity index (χ1) is 16.2. The molecule has 1 aliphatic heterocycles. The van der Waals surface area contributed by atoms with Gasteiger partial charge in [-0.2, -0.15) is 13.2 Å². The number of halogens is 3. The van der Waals surface area contributed by atoms with Crippen molar-refractivity contribution in [2.24, 2.45) is 5.92 Å². The van der Waals surface area contributed by atoms with Gasteiger partial charge in [0.25, 0.3) is 0 Å². The van der Waals surface area contributed by atoms with Gasteiger partial charge >= 0.3 is 12.1 Å². The van der Waals surface area contributed by atoms with Crippen LogP contribution in [0.15, 0.2) is 30.5 Å². The SMILES string of the molecule is COC(=O)c1cn([C@@H]2CCCC[C@@H]2NC(=O)[C@@H]2CC(=O)N(c3cccc(C(F)(F)F)c3)C2)nn1. The van der Waals surface area contributed by atoms with Crippen molar-refractivity contribution >= 4 is 23.5 Å². The van der Waals surface area contributed by atoms with Crippen LogP contribution in [-0.4, -0.2) is 52.5 Å². The van der Waals surface area contributed by atoms with Crippen molar-refractivity contribution in [3.8, 4) is 0 Å². The van der Waals surface area contributed by atoms with Gasteiger partial charge in [-0.05, 0) is 31.0 Å². The number of esters is 1. The standard InChI is InChI=1S/C22H24F3N5O4/c1-34-21(33)17-12-30(28-27-17)18-8-3-2-7-16(18)26-20(32)13-9-19(31)29(11-13)15-6-4-5-14(10-15)22(23,24)25/h4-6,10,12-13,16,18H,2-3,7-9,11H2,1H3,(H,26,32)/t13-,16+,18-/m1/s1. The molecule has 182 valence electrons. The summed E-state index contributed by atoms with van der Waals surface area (Å²) >= 11 is 0. The maximum absolute atomic E-state index is 13.1. The Balaban J connectivity index is 1.44. The summed E-state index contributed by atoms with van der Waals surface area (Å²) in [7, 11) is 1.25. The molecule has 0 bridgehead atoms. The summed E-state index contributed by atoms with van der Waals surface area (Å²) in [6.07, 6.45) is 0.0672. The van der Waals surface area contributed by atoms with Crippen LogP contribution in [0.5, 0.6) is 0 Å². The Bertz CT molecular complexity index is 1090. The summed E-state index contributed by atoms with van der Waals surface area (Å²) in [5.41, 5.74) is -0.671. The van der Waals surface area contributed by atoms with Gasteiger partial charge in [-0.1, -0.05) is 24.1 Å². The van der Waals surface area contributed by atoms with Crippen LogP contribution < -0.4 is 10.2 Å². The number of hydrogen-bond donors (Lipinski definition) is 1. The van der Waals surface area contributed by atoms with Crippen LogP contribution >= 0.6 is 0 Å². The first-order valence-electron chi connectivity index (χ1n) is 11.0. The summed E-state index contributed by atoms with van der Waals surface area (Å²) in [5.74, 6) is -2.04. The number of anilines is 1. The lowest BCUT2D eigenvalue weighted by Gasteiger charge is -2.32. The number of nitrogens with one attached hydrogen (secondary N) is 1. The Morgan fingerprint density at radius 1 is 1.21 bits per heavy atom.